The molecule has 88 valence electrons. The van der Waals surface area contributed by atoms with E-state index in [0.717, 1.165) is 6.20 Å². The molecule has 2 nitrogen and oxygen atoms in total. The summed E-state index contributed by atoms with van der Waals surface area (Å²) in [6, 6.07) is 0. The monoisotopic (exact) mass is 222 g/mol. The number of rotatable bonds is 1. The molecule has 0 aliphatic heterocycles. The lowest BCUT2D eigenvalue weighted by Crippen LogP contribution is -2.05. The van der Waals surface area contributed by atoms with Gasteiger partial charge in [0.2, 0.25) is 0 Å². The van der Waals surface area contributed by atoms with Crippen LogP contribution in [-0.2, 0) is 19.6 Å². The quantitative estimate of drug-likeness (QED) is 0.712. The van der Waals surface area contributed by atoms with Crippen molar-refractivity contribution in [3.63, 3.8) is 0 Å². The molecular weight excluding hydrogens is 205 g/mol. The predicted octanol–water partition coefficient (Wildman–Crippen LogP) is 3.42. The third-order valence-corrected chi connectivity index (χ3v) is 1.58. The number of aryl methyl sites for hydroxylation is 2. The molecule has 1 aromatic rings. The van der Waals surface area contributed by atoms with Gasteiger partial charge in [0.1, 0.15) is 5.82 Å². The van der Waals surface area contributed by atoms with Crippen LogP contribution >= 0.6 is 0 Å². The summed E-state index contributed by atoms with van der Waals surface area (Å²) in [5.74, 6) is 0.447. The second kappa shape index (κ2) is 5.78. The summed E-state index contributed by atoms with van der Waals surface area (Å²) in [5.41, 5.74) is -0.818. The fourth-order valence-electron chi connectivity index (χ4n) is 0.970. The third kappa shape index (κ3) is 4.36. The van der Waals surface area contributed by atoms with Gasteiger partial charge in [0, 0.05) is 19.7 Å². The summed E-state index contributed by atoms with van der Waals surface area (Å²) < 4.78 is 37.5. The van der Waals surface area contributed by atoms with Gasteiger partial charge in [-0.15, -0.1) is 0 Å². The molecule has 0 aromatic carbocycles. The number of hydrogen-bond donors (Lipinski definition) is 0. The van der Waals surface area contributed by atoms with Crippen LogP contribution in [0.1, 0.15) is 38.7 Å². The number of halogens is 3. The first-order valence-corrected chi connectivity index (χ1v) is 4.96. The molecule has 0 bridgehead atoms. The molecule has 0 amide bonds. The van der Waals surface area contributed by atoms with Crippen LogP contribution < -0.4 is 0 Å². The molecule has 1 rings (SSSR count). The molecule has 0 radical (unpaired) electrons. The molecule has 5 heteroatoms. The average Bonchev–Trinajstić information content (AvgIpc) is 2.47. The van der Waals surface area contributed by atoms with Gasteiger partial charge in [-0.05, 0) is 0 Å². The Hall–Kier alpha value is -1.00. The zero-order valence-electron chi connectivity index (χ0n) is 9.52. The number of alkyl halides is 3. The Morgan fingerprint density at radius 2 is 1.73 bits per heavy atom. The fourth-order valence-corrected chi connectivity index (χ4v) is 0.970. The minimum Gasteiger partial charge on any atom is -0.337 e. The van der Waals surface area contributed by atoms with Crippen LogP contribution in [0, 0.1) is 0 Å². The van der Waals surface area contributed by atoms with E-state index in [0.29, 0.717) is 12.2 Å². The topological polar surface area (TPSA) is 17.8 Å². The van der Waals surface area contributed by atoms with Gasteiger partial charge in [-0.25, -0.2) is 4.98 Å². The Labute approximate surface area is 88.1 Å². The Balaban J connectivity index is 0.000000583. The van der Waals surface area contributed by atoms with Crippen LogP contribution in [0.15, 0.2) is 6.20 Å². The minimum absolute atomic E-state index is 0.447. The molecule has 0 fully saturated rings. The van der Waals surface area contributed by atoms with E-state index >= 15 is 0 Å². The SMILES string of the molecule is CCC.CCc1nc(C(F)(F)F)cn1C. The molecule has 0 aliphatic rings. The van der Waals surface area contributed by atoms with Crippen molar-refractivity contribution in [3.8, 4) is 0 Å². The molecule has 0 atom stereocenters. The molecule has 0 saturated carbocycles. The number of nitrogens with zero attached hydrogens (tertiary/aromatic N) is 2. The molecule has 1 heterocycles. The van der Waals surface area contributed by atoms with Crippen molar-refractivity contribution in [3.05, 3.63) is 17.7 Å². The molecule has 0 unspecified atom stereocenters. The lowest BCUT2D eigenvalue weighted by atomic mass is 10.4. The molecule has 0 saturated heterocycles. The Kier molecular flexibility index (Phi) is 5.39. The van der Waals surface area contributed by atoms with E-state index in [2.05, 4.69) is 18.8 Å². The second-order valence-corrected chi connectivity index (χ2v) is 3.21. The molecule has 15 heavy (non-hydrogen) atoms. The lowest BCUT2D eigenvalue weighted by molar-refractivity contribution is -0.141. The number of imidazole rings is 1. The largest absolute Gasteiger partial charge is 0.434 e. The highest BCUT2D eigenvalue weighted by molar-refractivity contribution is 5.07. The van der Waals surface area contributed by atoms with E-state index in [9.17, 15) is 13.2 Å². The second-order valence-electron chi connectivity index (χ2n) is 3.21. The first kappa shape index (κ1) is 14.0. The molecule has 0 aliphatic carbocycles. The van der Waals surface area contributed by atoms with Crippen LogP contribution in [0.25, 0.3) is 0 Å². The maximum Gasteiger partial charge on any atom is 0.434 e. The fraction of sp³-hybridized carbons (Fsp3) is 0.700. The summed E-state index contributed by atoms with van der Waals surface area (Å²) in [6.45, 7) is 6.02. The highest BCUT2D eigenvalue weighted by Crippen LogP contribution is 2.27. The summed E-state index contributed by atoms with van der Waals surface area (Å²) in [7, 11) is 1.56. The third-order valence-electron chi connectivity index (χ3n) is 1.58. The lowest BCUT2D eigenvalue weighted by Gasteiger charge is -1.98. The Morgan fingerprint density at radius 1 is 1.27 bits per heavy atom. The highest BCUT2D eigenvalue weighted by atomic mass is 19.4. The molecule has 0 N–H and O–H groups in total. The van der Waals surface area contributed by atoms with E-state index in [-0.39, 0.29) is 0 Å². The Bertz CT molecular complexity index is 289. The van der Waals surface area contributed by atoms with Crippen molar-refractivity contribution in [1.82, 2.24) is 9.55 Å². The predicted molar refractivity (Wildman–Crippen MR) is 53.6 cm³/mol. The minimum atomic E-state index is -4.33. The van der Waals surface area contributed by atoms with Crippen LogP contribution in [0.2, 0.25) is 0 Å². The van der Waals surface area contributed by atoms with Gasteiger partial charge in [0.05, 0.1) is 0 Å². The van der Waals surface area contributed by atoms with E-state index < -0.39 is 11.9 Å². The summed E-state index contributed by atoms with van der Waals surface area (Å²) >= 11 is 0. The average molecular weight is 222 g/mol. The van der Waals surface area contributed by atoms with Gasteiger partial charge in [0.15, 0.2) is 5.69 Å². The van der Waals surface area contributed by atoms with Crippen molar-refractivity contribution in [2.45, 2.75) is 39.8 Å². The maximum absolute atomic E-state index is 12.0. The van der Waals surface area contributed by atoms with Crippen molar-refractivity contribution in [1.29, 1.82) is 0 Å². The summed E-state index contributed by atoms with van der Waals surface area (Å²) in [5, 5.41) is 0. The van der Waals surface area contributed by atoms with Crippen LogP contribution in [0.3, 0.4) is 0 Å². The van der Waals surface area contributed by atoms with E-state index in [1.165, 1.54) is 11.0 Å². The Morgan fingerprint density at radius 3 is 1.93 bits per heavy atom. The van der Waals surface area contributed by atoms with Gasteiger partial charge in [-0.1, -0.05) is 27.2 Å². The van der Waals surface area contributed by atoms with Crippen molar-refractivity contribution >= 4 is 0 Å². The van der Waals surface area contributed by atoms with Crippen LogP contribution in [0.4, 0.5) is 13.2 Å². The van der Waals surface area contributed by atoms with Crippen molar-refractivity contribution in [2.75, 3.05) is 0 Å². The van der Waals surface area contributed by atoms with E-state index in [1.54, 1.807) is 14.0 Å². The number of aromatic nitrogens is 2. The van der Waals surface area contributed by atoms with Crippen molar-refractivity contribution in [2.24, 2.45) is 7.05 Å². The smallest absolute Gasteiger partial charge is 0.337 e. The molecular formula is C10H17F3N2. The van der Waals surface area contributed by atoms with Crippen molar-refractivity contribution < 1.29 is 13.2 Å². The number of hydrogen-bond acceptors (Lipinski definition) is 1. The first-order chi connectivity index (χ1) is 6.86. The van der Waals surface area contributed by atoms with Gasteiger partial charge < -0.3 is 4.57 Å². The van der Waals surface area contributed by atoms with Gasteiger partial charge in [-0.3, -0.25) is 0 Å². The highest BCUT2D eigenvalue weighted by Gasteiger charge is 2.34. The molecule has 0 spiro atoms. The normalized spacial score (nSPS) is 10.9. The zero-order valence-corrected chi connectivity index (χ0v) is 9.52. The maximum atomic E-state index is 12.0. The van der Waals surface area contributed by atoms with Gasteiger partial charge >= 0.3 is 6.18 Å². The molecule has 1 aromatic heterocycles. The standard InChI is InChI=1S/C7H9F3N2.C3H8/c1-3-6-11-5(4-12(6)2)7(8,9)10;1-3-2/h4H,3H2,1-2H3;3H2,1-2H3. The van der Waals surface area contributed by atoms with Crippen LogP contribution in [0.5, 0.6) is 0 Å². The zero-order chi connectivity index (χ0) is 12.1. The first-order valence-electron chi connectivity index (χ1n) is 4.96. The summed E-state index contributed by atoms with van der Waals surface area (Å²) in [4.78, 5) is 3.44. The van der Waals surface area contributed by atoms with E-state index in [1.807, 2.05) is 0 Å². The van der Waals surface area contributed by atoms with Crippen LogP contribution in [-0.4, -0.2) is 9.55 Å². The van der Waals surface area contributed by atoms with Gasteiger partial charge in [0.25, 0.3) is 0 Å². The summed E-state index contributed by atoms with van der Waals surface area (Å²) in [6.07, 6.45) is -1.57. The van der Waals surface area contributed by atoms with Gasteiger partial charge in [-0.2, -0.15) is 13.2 Å². The van der Waals surface area contributed by atoms with E-state index in [4.69, 9.17) is 0 Å².